The third kappa shape index (κ3) is 3.82. The summed E-state index contributed by atoms with van der Waals surface area (Å²) in [5.74, 6) is 0.624. The second-order valence-corrected chi connectivity index (χ2v) is 11.6. The number of phenolic OH excluding ortho intramolecular Hbond substituents is 2. The minimum absolute atomic E-state index is 0.149. The van der Waals surface area contributed by atoms with E-state index in [0.29, 0.717) is 11.5 Å². The summed E-state index contributed by atoms with van der Waals surface area (Å²) in [7, 11) is 0. The molecule has 0 amide bonds. The van der Waals surface area contributed by atoms with Crippen LogP contribution < -0.4 is 0 Å². The highest BCUT2D eigenvalue weighted by Gasteiger charge is 2.22. The quantitative estimate of drug-likeness (QED) is 0.350. The molecule has 30 heavy (non-hydrogen) atoms. The lowest BCUT2D eigenvalue weighted by Gasteiger charge is -2.21. The average Bonchev–Trinajstić information content (AvgIpc) is 3.19. The zero-order chi connectivity index (χ0) is 21.8. The van der Waals surface area contributed by atoms with Crippen LogP contribution in [0.4, 0.5) is 0 Å². The van der Waals surface area contributed by atoms with Crippen molar-refractivity contribution in [2.75, 3.05) is 0 Å². The molecule has 0 unspecified atom stereocenters. The van der Waals surface area contributed by atoms with Crippen molar-refractivity contribution in [2.45, 2.75) is 52.4 Å². The Morgan fingerprint density at radius 3 is 1.33 bits per heavy atom. The summed E-state index contributed by atoms with van der Waals surface area (Å²) < 4.78 is 0. The Balaban J connectivity index is 1.73. The molecule has 0 fully saturated rings. The number of fused-ring (bicyclic) bond motifs is 1. The van der Waals surface area contributed by atoms with E-state index in [0.717, 1.165) is 41.9 Å². The maximum absolute atomic E-state index is 10.2. The Morgan fingerprint density at radius 2 is 1.00 bits per heavy atom. The fourth-order valence-electron chi connectivity index (χ4n) is 3.43. The zero-order valence-corrected chi connectivity index (χ0v) is 19.7. The van der Waals surface area contributed by atoms with Gasteiger partial charge in [-0.25, -0.2) is 9.97 Å². The predicted octanol–water partition coefficient (Wildman–Crippen LogP) is 7.09. The van der Waals surface area contributed by atoms with Crippen molar-refractivity contribution in [3.63, 3.8) is 0 Å². The van der Waals surface area contributed by atoms with Crippen LogP contribution in [0.2, 0.25) is 0 Å². The van der Waals surface area contributed by atoms with Crippen molar-refractivity contribution < 1.29 is 10.2 Å². The standard InChI is InChI=1S/C24H26N2O2S2/c1-23(2,3)15-11-13(7-9-17(15)27)19-25-21-22(29-19)26-20(30-21)14-8-10-18(28)16(12-14)24(4,5)6/h7-12,27-28H,1-6H3. The predicted molar refractivity (Wildman–Crippen MR) is 127 cm³/mol. The molecule has 0 bridgehead atoms. The Labute approximate surface area is 184 Å². The fourth-order valence-corrected chi connectivity index (χ4v) is 5.46. The molecule has 0 saturated carbocycles. The van der Waals surface area contributed by atoms with Gasteiger partial charge < -0.3 is 10.2 Å². The molecule has 4 nitrogen and oxygen atoms in total. The van der Waals surface area contributed by atoms with E-state index in [1.165, 1.54) is 0 Å². The zero-order valence-electron chi connectivity index (χ0n) is 18.1. The minimum atomic E-state index is -0.149. The third-order valence-electron chi connectivity index (χ3n) is 5.08. The second-order valence-electron chi connectivity index (χ2n) is 9.61. The molecule has 2 aromatic heterocycles. The molecule has 0 spiro atoms. The molecule has 156 valence electrons. The highest BCUT2D eigenvalue weighted by molar-refractivity contribution is 7.29. The molecular weight excluding hydrogens is 412 g/mol. The summed E-state index contributed by atoms with van der Waals surface area (Å²) in [6.45, 7) is 12.5. The maximum Gasteiger partial charge on any atom is 0.155 e. The maximum atomic E-state index is 10.2. The summed E-state index contributed by atoms with van der Waals surface area (Å²) in [5, 5.41) is 22.3. The molecule has 4 rings (SSSR count). The van der Waals surface area contributed by atoms with E-state index in [9.17, 15) is 10.2 Å². The van der Waals surface area contributed by atoms with E-state index in [4.69, 9.17) is 9.97 Å². The molecule has 0 saturated heterocycles. The lowest BCUT2D eigenvalue weighted by Crippen LogP contribution is -2.11. The van der Waals surface area contributed by atoms with Crippen LogP contribution in [0.15, 0.2) is 36.4 Å². The van der Waals surface area contributed by atoms with E-state index in [1.54, 1.807) is 34.8 Å². The molecule has 0 radical (unpaired) electrons. The number of aromatic nitrogens is 2. The van der Waals surface area contributed by atoms with Gasteiger partial charge in [0.15, 0.2) is 9.66 Å². The van der Waals surface area contributed by atoms with Gasteiger partial charge in [0.2, 0.25) is 0 Å². The van der Waals surface area contributed by atoms with Gasteiger partial charge in [-0.3, -0.25) is 0 Å². The largest absolute Gasteiger partial charge is 0.508 e. The lowest BCUT2D eigenvalue weighted by atomic mass is 9.85. The molecule has 0 aliphatic rings. The van der Waals surface area contributed by atoms with Gasteiger partial charge in [-0.1, -0.05) is 64.2 Å². The van der Waals surface area contributed by atoms with Crippen LogP contribution in [0, 0.1) is 0 Å². The molecule has 0 atom stereocenters. The van der Waals surface area contributed by atoms with Crippen LogP contribution in [0.25, 0.3) is 30.8 Å². The third-order valence-corrected chi connectivity index (χ3v) is 7.20. The first kappa shape index (κ1) is 20.8. The molecule has 2 heterocycles. The first-order valence-corrected chi connectivity index (χ1v) is 11.5. The number of thiazole rings is 2. The highest BCUT2D eigenvalue weighted by atomic mass is 32.1. The van der Waals surface area contributed by atoms with Crippen molar-refractivity contribution >= 4 is 32.3 Å². The number of hydrogen-bond donors (Lipinski definition) is 2. The van der Waals surface area contributed by atoms with E-state index >= 15 is 0 Å². The van der Waals surface area contributed by atoms with Crippen LogP contribution in [-0.2, 0) is 10.8 Å². The molecular formula is C24H26N2O2S2. The molecule has 4 aromatic rings. The fraction of sp³-hybridized carbons (Fsp3) is 0.333. The van der Waals surface area contributed by atoms with Crippen molar-refractivity contribution in [1.82, 2.24) is 9.97 Å². The molecule has 0 aliphatic heterocycles. The van der Waals surface area contributed by atoms with Gasteiger partial charge in [-0.15, -0.1) is 0 Å². The Morgan fingerprint density at radius 1 is 0.633 bits per heavy atom. The smallest absolute Gasteiger partial charge is 0.155 e. The number of aromatic hydroxyl groups is 2. The van der Waals surface area contributed by atoms with Gasteiger partial charge in [-0.05, 0) is 58.4 Å². The van der Waals surface area contributed by atoms with E-state index in [2.05, 4.69) is 41.5 Å². The number of rotatable bonds is 2. The van der Waals surface area contributed by atoms with E-state index < -0.39 is 0 Å². The van der Waals surface area contributed by atoms with Gasteiger partial charge in [0, 0.05) is 11.1 Å². The number of nitrogens with zero attached hydrogens (tertiary/aromatic N) is 2. The molecule has 0 aliphatic carbocycles. The Kier molecular flexibility index (Phi) is 4.90. The Hall–Kier alpha value is -2.44. The van der Waals surface area contributed by atoms with Crippen LogP contribution >= 0.6 is 22.7 Å². The number of hydrogen-bond acceptors (Lipinski definition) is 6. The molecule has 2 N–H and O–H groups in total. The first-order valence-electron chi connectivity index (χ1n) is 9.88. The Bertz CT molecular complexity index is 1120. The van der Waals surface area contributed by atoms with Crippen molar-refractivity contribution in [3.05, 3.63) is 47.5 Å². The summed E-state index contributed by atoms with van der Waals surface area (Å²) in [6.07, 6.45) is 0. The lowest BCUT2D eigenvalue weighted by molar-refractivity contribution is 0.446. The van der Waals surface area contributed by atoms with E-state index in [1.807, 2.05) is 24.3 Å². The summed E-state index contributed by atoms with van der Waals surface area (Å²) >= 11 is 3.12. The van der Waals surface area contributed by atoms with Crippen LogP contribution in [0.3, 0.4) is 0 Å². The van der Waals surface area contributed by atoms with Gasteiger partial charge in [-0.2, -0.15) is 0 Å². The summed E-state index contributed by atoms with van der Waals surface area (Å²) in [4.78, 5) is 11.4. The normalized spacial score (nSPS) is 12.6. The van der Waals surface area contributed by atoms with Crippen molar-refractivity contribution in [3.8, 4) is 32.6 Å². The summed E-state index contributed by atoms with van der Waals surface area (Å²) in [5.41, 5.74) is 3.51. The monoisotopic (exact) mass is 438 g/mol. The first-order chi connectivity index (χ1) is 13.9. The minimum Gasteiger partial charge on any atom is -0.508 e. The number of phenols is 2. The van der Waals surface area contributed by atoms with Crippen molar-refractivity contribution in [2.24, 2.45) is 0 Å². The van der Waals surface area contributed by atoms with Gasteiger partial charge >= 0.3 is 0 Å². The van der Waals surface area contributed by atoms with Crippen LogP contribution in [0.1, 0.15) is 52.7 Å². The van der Waals surface area contributed by atoms with Gasteiger partial charge in [0.05, 0.1) is 0 Å². The van der Waals surface area contributed by atoms with Crippen LogP contribution in [0.5, 0.6) is 11.5 Å². The topological polar surface area (TPSA) is 66.2 Å². The van der Waals surface area contributed by atoms with Crippen molar-refractivity contribution in [1.29, 1.82) is 0 Å². The number of benzene rings is 2. The molecule has 2 aromatic carbocycles. The highest BCUT2D eigenvalue weighted by Crippen LogP contribution is 2.41. The van der Waals surface area contributed by atoms with Gasteiger partial charge in [0.1, 0.15) is 21.5 Å². The van der Waals surface area contributed by atoms with Crippen LogP contribution in [-0.4, -0.2) is 20.2 Å². The van der Waals surface area contributed by atoms with E-state index in [-0.39, 0.29) is 10.8 Å². The SMILES string of the molecule is CC(C)(C)c1cc(-c2nc3sc(-c4ccc(O)c(C(C)(C)C)c4)nc3s2)ccc1O. The summed E-state index contributed by atoms with van der Waals surface area (Å²) in [6, 6.07) is 11.3. The van der Waals surface area contributed by atoms with Gasteiger partial charge in [0.25, 0.3) is 0 Å². The molecule has 6 heteroatoms. The second kappa shape index (κ2) is 7.06. The average molecular weight is 439 g/mol.